The maximum Gasteiger partial charge on any atom is 0.292 e. The summed E-state index contributed by atoms with van der Waals surface area (Å²) in [6, 6.07) is 4.13. The molecule has 0 heterocycles. The van der Waals surface area contributed by atoms with E-state index < -0.39 is 33.8 Å². The highest BCUT2D eigenvalue weighted by atomic mass is 32.2. The summed E-state index contributed by atoms with van der Waals surface area (Å²) in [5.74, 6) is 0. The fraction of sp³-hybridized carbons (Fsp3) is 0.571. The maximum atomic E-state index is 11.5. The minimum Gasteiger partial charge on any atom is -0.416 e. The van der Waals surface area contributed by atoms with Gasteiger partial charge in [-0.25, -0.2) is 13.6 Å². The molecular formula is C14H24N2O5SSi. The van der Waals surface area contributed by atoms with Crippen LogP contribution in [0.2, 0.25) is 18.1 Å². The van der Waals surface area contributed by atoms with E-state index in [0.717, 1.165) is 6.07 Å². The molecule has 0 aliphatic rings. The lowest BCUT2D eigenvalue weighted by Crippen LogP contribution is -2.41. The molecule has 0 saturated carbocycles. The molecule has 1 aromatic rings. The minimum absolute atomic E-state index is 0.0291. The summed E-state index contributed by atoms with van der Waals surface area (Å²) in [6.07, 6.45) is 0.256. The number of primary sulfonamides is 1. The van der Waals surface area contributed by atoms with Crippen LogP contribution in [0.4, 0.5) is 5.69 Å². The van der Waals surface area contributed by atoms with E-state index in [2.05, 4.69) is 33.9 Å². The molecule has 0 aromatic heterocycles. The molecule has 0 aliphatic carbocycles. The Kier molecular flexibility index (Phi) is 5.73. The first-order chi connectivity index (χ1) is 10.3. The number of hydrogen-bond donors (Lipinski definition) is 1. The Balaban J connectivity index is 3.05. The van der Waals surface area contributed by atoms with E-state index in [-0.39, 0.29) is 11.5 Å². The van der Waals surface area contributed by atoms with Crippen LogP contribution in [0.25, 0.3) is 0 Å². The fourth-order valence-corrected chi connectivity index (χ4v) is 3.63. The predicted octanol–water partition coefficient (Wildman–Crippen LogP) is 2.81. The lowest BCUT2D eigenvalue weighted by atomic mass is 10.1. The highest BCUT2D eigenvalue weighted by Gasteiger charge is 2.37. The van der Waals surface area contributed by atoms with Crippen molar-refractivity contribution in [1.82, 2.24) is 0 Å². The summed E-state index contributed by atoms with van der Waals surface area (Å²) in [6.45, 7) is 10.8. The van der Waals surface area contributed by atoms with E-state index in [1.807, 2.05) is 0 Å². The summed E-state index contributed by atoms with van der Waals surface area (Å²) in [4.78, 5) is 10.1. The van der Waals surface area contributed by atoms with Crippen LogP contribution in [0.15, 0.2) is 23.1 Å². The van der Waals surface area contributed by atoms with E-state index in [9.17, 15) is 18.5 Å². The molecule has 0 spiro atoms. The van der Waals surface area contributed by atoms with Gasteiger partial charge in [0.05, 0.1) is 4.92 Å². The number of nitro groups is 1. The highest BCUT2D eigenvalue weighted by molar-refractivity contribution is 7.89. The zero-order valence-electron chi connectivity index (χ0n) is 14.1. The first-order valence-electron chi connectivity index (χ1n) is 7.20. The average Bonchev–Trinajstić information content (AvgIpc) is 2.35. The van der Waals surface area contributed by atoms with E-state index in [0.29, 0.717) is 12.2 Å². The van der Waals surface area contributed by atoms with Gasteiger partial charge in [-0.1, -0.05) is 32.9 Å². The second kappa shape index (κ2) is 6.68. The van der Waals surface area contributed by atoms with Crippen LogP contribution in [0, 0.1) is 10.1 Å². The molecule has 0 fully saturated rings. The Bertz CT molecular complexity index is 696. The zero-order valence-corrected chi connectivity index (χ0v) is 15.9. The molecule has 0 aliphatic heterocycles. The average molecular weight is 361 g/mol. The fourth-order valence-electron chi connectivity index (χ4n) is 1.84. The van der Waals surface area contributed by atoms with Crippen molar-refractivity contribution in [1.29, 1.82) is 0 Å². The van der Waals surface area contributed by atoms with Crippen LogP contribution in [0.3, 0.4) is 0 Å². The molecule has 0 amide bonds. The Hall–Kier alpha value is -1.29. The normalized spacial score (nSPS) is 13.1. The van der Waals surface area contributed by atoms with Gasteiger partial charge in [0.2, 0.25) is 10.0 Å². The Morgan fingerprint density at radius 3 is 2.30 bits per heavy atom. The van der Waals surface area contributed by atoms with E-state index in [1.165, 1.54) is 12.1 Å². The Labute approximate surface area is 138 Å². The standard InChI is InChI=1S/C14H24N2O5SSi/c1-14(2,3)23(4,5)21-10-9-11-7-6-8-12(22(15,19)20)13(11)16(17)18/h6-8H,9-10H2,1-5H3,(H2,15,19,20). The Morgan fingerprint density at radius 1 is 1.30 bits per heavy atom. The number of rotatable bonds is 6. The molecule has 23 heavy (non-hydrogen) atoms. The van der Waals surface area contributed by atoms with Gasteiger partial charge in [-0.05, 0) is 24.2 Å². The van der Waals surface area contributed by atoms with Crippen molar-refractivity contribution < 1.29 is 17.8 Å². The van der Waals surface area contributed by atoms with Gasteiger partial charge < -0.3 is 4.43 Å². The molecule has 1 rings (SSSR count). The molecule has 0 bridgehead atoms. The minimum atomic E-state index is -4.15. The molecule has 0 radical (unpaired) electrons. The number of para-hydroxylation sites is 1. The molecule has 0 unspecified atom stereocenters. The van der Waals surface area contributed by atoms with E-state index >= 15 is 0 Å². The molecule has 2 N–H and O–H groups in total. The largest absolute Gasteiger partial charge is 0.416 e. The van der Waals surface area contributed by atoms with Crippen molar-refractivity contribution >= 4 is 24.0 Å². The van der Waals surface area contributed by atoms with Gasteiger partial charge in [0, 0.05) is 18.6 Å². The topological polar surface area (TPSA) is 113 Å². The van der Waals surface area contributed by atoms with Crippen LogP contribution in [-0.4, -0.2) is 28.3 Å². The molecule has 130 valence electrons. The summed E-state index contributed by atoms with van der Waals surface area (Å²) < 4.78 is 29.0. The van der Waals surface area contributed by atoms with Gasteiger partial charge in [-0.15, -0.1) is 0 Å². The monoisotopic (exact) mass is 360 g/mol. The summed E-state index contributed by atoms with van der Waals surface area (Å²) in [7, 11) is -6.12. The van der Waals surface area contributed by atoms with E-state index in [1.54, 1.807) is 0 Å². The second-order valence-electron chi connectivity index (χ2n) is 6.92. The second-order valence-corrected chi connectivity index (χ2v) is 13.3. The first-order valence-corrected chi connectivity index (χ1v) is 11.7. The van der Waals surface area contributed by atoms with Crippen molar-refractivity contribution in [2.45, 2.75) is 50.2 Å². The van der Waals surface area contributed by atoms with Gasteiger partial charge >= 0.3 is 0 Å². The maximum absolute atomic E-state index is 11.5. The SMILES string of the molecule is CC(C)(C)[Si](C)(C)OCCc1cccc(S(N)(=O)=O)c1[N+](=O)[O-]. The number of hydrogen-bond acceptors (Lipinski definition) is 5. The van der Waals surface area contributed by atoms with Crippen LogP contribution >= 0.6 is 0 Å². The molecule has 7 nitrogen and oxygen atoms in total. The number of sulfonamides is 1. The number of nitrogens with two attached hydrogens (primary N) is 1. The van der Waals surface area contributed by atoms with Crippen molar-refractivity contribution in [2.24, 2.45) is 5.14 Å². The van der Waals surface area contributed by atoms with Gasteiger partial charge in [-0.3, -0.25) is 10.1 Å². The van der Waals surface area contributed by atoms with E-state index in [4.69, 9.17) is 9.56 Å². The smallest absolute Gasteiger partial charge is 0.292 e. The van der Waals surface area contributed by atoms with Gasteiger partial charge in [-0.2, -0.15) is 0 Å². The van der Waals surface area contributed by atoms with Gasteiger partial charge in [0.25, 0.3) is 5.69 Å². The van der Waals surface area contributed by atoms with Crippen LogP contribution in [0.5, 0.6) is 0 Å². The summed E-state index contributed by atoms with van der Waals surface area (Å²) >= 11 is 0. The lowest BCUT2D eigenvalue weighted by Gasteiger charge is -2.36. The first kappa shape index (κ1) is 19.8. The predicted molar refractivity (Wildman–Crippen MR) is 91.3 cm³/mol. The third-order valence-electron chi connectivity index (χ3n) is 4.21. The van der Waals surface area contributed by atoms with Crippen molar-refractivity contribution in [2.75, 3.05) is 6.61 Å². The molecular weight excluding hydrogens is 336 g/mol. The van der Waals surface area contributed by atoms with Crippen LogP contribution in [-0.2, 0) is 20.9 Å². The van der Waals surface area contributed by atoms with Crippen LogP contribution < -0.4 is 5.14 Å². The Morgan fingerprint density at radius 2 is 1.87 bits per heavy atom. The third-order valence-corrected chi connectivity index (χ3v) is 9.69. The lowest BCUT2D eigenvalue weighted by molar-refractivity contribution is -0.388. The van der Waals surface area contributed by atoms with Gasteiger partial charge in [0.1, 0.15) is 0 Å². The van der Waals surface area contributed by atoms with Crippen molar-refractivity contribution in [3.63, 3.8) is 0 Å². The summed E-state index contributed by atoms with van der Waals surface area (Å²) in [5.41, 5.74) is -0.158. The quantitative estimate of drug-likeness (QED) is 0.476. The van der Waals surface area contributed by atoms with Crippen molar-refractivity contribution in [3.8, 4) is 0 Å². The molecule has 1 aromatic carbocycles. The molecule has 0 saturated heterocycles. The number of benzene rings is 1. The zero-order chi connectivity index (χ0) is 18.1. The van der Waals surface area contributed by atoms with Crippen molar-refractivity contribution in [3.05, 3.63) is 33.9 Å². The highest BCUT2D eigenvalue weighted by Crippen LogP contribution is 2.36. The molecule has 9 heteroatoms. The third kappa shape index (κ3) is 4.84. The van der Waals surface area contributed by atoms with Crippen LogP contribution in [0.1, 0.15) is 26.3 Å². The van der Waals surface area contributed by atoms with Gasteiger partial charge in [0.15, 0.2) is 13.2 Å². The molecule has 0 atom stereocenters. The summed E-state index contributed by atoms with van der Waals surface area (Å²) in [5, 5.41) is 16.4. The number of nitrogens with zero attached hydrogens (tertiary/aromatic N) is 1. The number of nitro benzene ring substituents is 1.